The summed E-state index contributed by atoms with van der Waals surface area (Å²) < 4.78 is 5.32. The van der Waals surface area contributed by atoms with E-state index in [9.17, 15) is 19.7 Å². The topological polar surface area (TPSA) is 154 Å². The molecule has 1 unspecified atom stereocenters. The number of hydrogen-bond donors (Lipinski definition) is 2. The number of nitrogens with two attached hydrogens (primary N) is 1. The Morgan fingerprint density at radius 2 is 2.14 bits per heavy atom. The van der Waals surface area contributed by atoms with Crippen molar-refractivity contribution in [1.82, 2.24) is 15.5 Å². The van der Waals surface area contributed by atoms with Gasteiger partial charge in [0.15, 0.2) is 5.82 Å². The molecule has 0 aliphatic heterocycles. The maximum Gasteiger partial charge on any atom is 0.283 e. The molecule has 1 heterocycles. The minimum Gasteiger partial charge on any atom is -0.366 e. The predicted molar refractivity (Wildman–Crippen MR) is 104 cm³/mol. The molecule has 1 aliphatic carbocycles. The van der Waals surface area contributed by atoms with Crippen LogP contribution < -0.4 is 11.1 Å². The zero-order valence-electron chi connectivity index (χ0n) is 16.0. The Morgan fingerprint density at radius 1 is 1.41 bits per heavy atom. The van der Waals surface area contributed by atoms with Crippen molar-refractivity contribution in [2.45, 2.75) is 43.5 Å². The van der Waals surface area contributed by atoms with Crippen LogP contribution in [0.25, 0.3) is 0 Å². The van der Waals surface area contributed by atoms with Gasteiger partial charge in [-0.25, -0.2) is 0 Å². The van der Waals surface area contributed by atoms with Gasteiger partial charge in [-0.3, -0.25) is 19.7 Å². The Labute approximate surface area is 170 Å². The second kappa shape index (κ2) is 8.60. The Morgan fingerprint density at radius 3 is 2.72 bits per heavy atom. The van der Waals surface area contributed by atoms with Crippen LogP contribution in [0.1, 0.15) is 60.7 Å². The van der Waals surface area contributed by atoms with Crippen LogP contribution in [0.5, 0.6) is 0 Å². The SMILES string of the molecule is CC(C)C(NC(=O)CSc1ccc(C(N)=O)cc1[N+](=O)[O-])c1nc(C2CC2)no1. The summed E-state index contributed by atoms with van der Waals surface area (Å²) in [5.41, 5.74) is 4.93. The number of nitrogens with zero attached hydrogens (tertiary/aromatic N) is 3. The molecule has 154 valence electrons. The normalized spacial score (nSPS) is 14.6. The van der Waals surface area contributed by atoms with Crippen LogP contribution in [0.15, 0.2) is 27.6 Å². The molecule has 0 bridgehead atoms. The molecule has 1 aromatic carbocycles. The number of benzene rings is 1. The molecule has 11 heteroatoms. The molecular formula is C18H21N5O5S. The fourth-order valence-electron chi connectivity index (χ4n) is 2.69. The van der Waals surface area contributed by atoms with Gasteiger partial charge >= 0.3 is 0 Å². The molecule has 1 atom stereocenters. The maximum atomic E-state index is 12.4. The van der Waals surface area contributed by atoms with E-state index in [1.807, 2.05) is 13.8 Å². The van der Waals surface area contributed by atoms with Crippen LogP contribution in [0.3, 0.4) is 0 Å². The second-order valence-electron chi connectivity index (χ2n) is 7.15. The van der Waals surface area contributed by atoms with Gasteiger partial charge in [0, 0.05) is 17.5 Å². The summed E-state index contributed by atoms with van der Waals surface area (Å²) in [5.74, 6) is 0.247. The zero-order chi connectivity index (χ0) is 21.1. The number of thioether (sulfide) groups is 1. The molecule has 1 aromatic heterocycles. The number of carbonyl (C=O) groups excluding carboxylic acids is 2. The fourth-order valence-corrected chi connectivity index (χ4v) is 3.50. The van der Waals surface area contributed by atoms with E-state index in [2.05, 4.69) is 15.5 Å². The highest BCUT2D eigenvalue weighted by atomic mass is 32.2. The van der Waals surface area contributed by atoms with Gasteiger partial charge in [-0.2, -0.15) is 4.98 Å². The molecule has 10 nitrogen and oxygen atoms in total. The van der Waals surface area contributed by atoms with Gasteiger partial charge in [-0.1, -0.05) is 19.0 Å². The van der Waals surface area contributed by atoms with E-state index in [1.54, 1.807) is 0 Å². The first-order valence-electron chi connectivity index (χ1n) is 9.10. The van der Waals surface area contributed by atoms with Crippen molar-refractivity contribution < 1.29 is 19.0 Å². The average molecular weight is 419 g/mol. The van der Waals surface area contributed by atoms with Crippen LogP contribution in [0.2, 0.25) is 0 Å². The summed E-state index contributed by atoms with van der Waals surface area (Å²) in [6.45, 7) is 3.85. The lowest BCUT2D eigenvalue weighted by Gasteiger charge is -2.18. The van der Waals surface area contributed by atoms with Gasteiger partial charge in [-0.05, 0) is 30.9 Å². The van der Waals surface area contributed by atoms with Crippen molar-refractivity contribution in [3.05, 3.63) is 45.6 Å². The molecule has 2 aromatic rings. The van der Waals surface area contributed by atoms with E-state index in [1.165, 1.54) is 12.1 Å². The van der Waals surface area contributed by atoms with Gasteiger partial charge in [0.2, 0.25) is 17.7 Å². The molecular weight excluding hydrogens is 398 g/mol. The first-order chi connectivity index (χ1) is 13.8. The first-order valence-corrected chi connectivity index (χ1v) is 10.1. The van der Waals surface area contributed by atoms with Gasteiger partial charge < -0.3 is 15.6 Å². The van der Waals surface area contributed by atoms with Crippen molar-refractivity contribution in [1.29, 1.82) is 0 Å². The third kappa shape index (κ3) is 5.11. The molecule has 1 fully saturated rings. The van der Waals surface area contributed by atoms with Gasteiger partial charge in [-0.15, -0.1) is 11.8 Å². The summed E-state index contributed by atoms with van der Waals surface area (Å²) in [6.07, 6.45) is 2.09. The molecule has 2 amide bonds. The van der Waals surface area contributed by atoms with E-state index in [-0.39, 0.29) is 33.7 Å². The number of rotatable bonds is 9. The van der Waals surface area contributed by atoms with E-state index < -0.39 is 16.9 Å². The van der Waals surface area contributed by atoms with E-state index >= 15 is 0 Å². The Kier molecular flexibility index (Phi) is 6.16. The lowest BCUT2D eigenvalue weighted by Crippen LogP contribution is -2.33. The zero-order valence-corrected chi connectivity index (χ0v) is 16.8. The van der Waals surface area contributed by atoms with Crippen LogP contribution in [-0.4, -0.2) is 32.6 Å². The van der Waals surface area contributed by atoms with E-state index in [0.717, 1.165) is 30.7 Å². The summed E-state index contributed by atoms with van der Waals surface area (Å²) in [6, 6.07) is 3.47. The van der Waals surface area contributed by atoms with Crippen molar-refractivity contribution >= 4 is 29.3 Å². The number of nitro benzene ring substituents is 1. The molecule has 0 saturated heterocycles. The number of hydrogen-bond acceptors (Lipinski definition) is 8. The van der Waals surface area contributed by atoms with Gasteiger partial charge in [0.1, 0.15) is 6.04 Å². The molecule has 29 heavy (non-hydrogen) atoms. The van der Waals surface area contributed by atoms with Gasteiger partial charge in [0.05, 0.1) is 15.6 Å². The summed E-state index contributed by atoms with van der Waals surface area (Å²) in [7, 11) is 0. The maximum absolute atomic E-state index is 12.4. The van der Waals surface area contributed by atoms with Crippen molar-refractivity contribution in [2.24, 2.45) is 11.7 Å². The van der Waals surface area contributed by atoms with Crippen LogP contribution in [0, 0.1) is 16.0 Å². The minimum atomic E-state index is -0.757. The quantitative estimate of drug-likeness (QED) is 0.357. The first kappa shape index (κ1) is 20.8. The Balaban J connectivity index is 1.66. The molecule has 0 spiro atoms. The number of primary amides is 1. The largest absolute Gasteiger partial charge is 0.366 e. The highest BCUT2D eigenvalue weighted by Crippen LogP contribution is 2.38. The van der Waals surface area contributed by atoms with Crippen LogP contribution in [0.4, 0.5) is 5.69 Å². The lowest BCUT2D eigenvalue weighted by molar-refractivity contribution is -0.387. The standard InChI is InChI=1S/C18H21N5O5S/c1-9(2)15(18-21-17(22-28-18)10-3-4-10)20-14(24)8-29-13-6-5-11(16(19)25)7-12(13)23(26)27/h5-7,9-10,15H,3-4,8H2,1-2H3,(H2,19,25)(H,20,24). The van der Waals surface area contributed by atoms with Crippen molar-refractivity contribution in [3.8, 4) is 0 Å². The third-order valence-electron chi connectivity index (χ3n) is 4.45. The van der Waals surface area contributed by atoms with Crippen LogP contribution >= 0.6 is 11.8 Å². The second-order valence-corrected chi connectivity index (χ2v) is 8.16. The highest BCUT2D eigenvalue weighted by molar-refractivity contribution is 8.00. The van der Waals surface area contributed by atoms with Crippen molar-refractivity contribution in [2.75, 3.05) is 5.75 Å². The smallest absolute Gasteiger partial charge is 0.283 e. The van der Waals surface area contributed by atoms with E-state index in [0.29, 0.717) is 17.6 Å². The summed E-state index contributed by atoms with van der Waals surface area (Å²) in [4.78, 5) is 39.0. The lowest BCUT2D eigenvalue weighted by atomic mass is 10.0. The monoisotopic (exact) mass is 419 g/mol. The summed E-state index contributed by atoms with van der Waals surface area (Å²) in [5, 5.41) is 18.1. The molecule has 1 saturated carbocycles. The fraction of sp³-hybridized carbons (Fsp3) is 0.444. The highest BCUT2D eigenvalue weighted by Gasteiger charge is 2.31. The number of nitrogens with one attached hydrogen (secondary N) is 1. The number of amides is 2. The Bertz CT molecular complexity index is 940. The molecule has 3 rings (SSSR count). The number of aromatic nitrogens is 2. The number of nitro groups is 1. The third-order valence-corrected chi connectivity index (χ3v) is 5.51. The molecule has 1 aliphatic rings. The predicted octanol–water partition coefficient (Wildman–Crippen LogP) is 2.56. The Hall–Kier alpha value is -2.95. The van der Waals surface area contributed by atoms with Gasteiger partial charge in [0.25, 0.3) is 5.69 Å². The average Bonchev–Trinajstić information content (AvgIpc) is 3.41. The van der Waals surface area contributed by atoms with Crippen LogP contribution in [-0.2, 0) is 4.79 Å². The molecule has 3 N–H and O–H groups in total. The summed E-state index contributed by atoms with van der Waals surface area (Å²) >= 11 is 1.00. The van der Waals surface area contributed by atoms with Crippen molar-refractivity contribution in [3.63, 3.8) is 0 Å². The van der Waals surface area contributed by atoms with E-state index in [4.69, 9.17) is 10.3 Å². The minimum absolute atomic E-state index is 0.0145. The number of carbonyl (C=O) groups is 2. The molecule has 0 radical (unpaired) electrons.